The van der Waals surface area contributed by atoms with Crippen molar-refractivity contribution in [1.29, 1.82) is 0 Å². The monoisotopic (exact) mass is 249 g/mol. The smallest absolute Gasteiger partial charge is 0.228 e. The van der Waals surface area contributed by atoms with E-state index in [2.05, 4.69) is 17.1 Å². The second kappa shape index (κ2) is 4.65. The van der Waals surface area contributed by atoms with Crippen LogP contribution in [0.3, 0.4) is 0 Å². The lowest BCUT2D eigenvalue weighted by Crippen LogP contribution is -2.48. The summed E-state index contributed by atoms with van der Waals surface area (Å²) in [6, 6.07) is 0. The van der Waals surface area contributed by atoms with Crippen molar-refractivity contribution in [2.24, 2.45) is 11.7 Å². The first-order valence-corrected chi connectivity index (χ1v) is 7.26. The van der Waals surface area contributed by atoms with E-state index in [9.17, 15) is 0 Å². The highest BCUT2D eigenvalue weighted by atomic mass is 16.5. The van der Waals surface area contributed by atoms with E-state index < -0.39 is 0 Å². The van der Waals surface area contributed by atoms with Gasteiger partial charge >= 0.3 is 0 Å². The first kappa shape index (κ1) is 12.2. The van der Waals surface area contributed by atoms with E-state index in [4.69, 9.17) is 10.3 Å². The van der Waals surface area contributed by atoms with Crippen molar-refractivity contribution in [3.63, 3.8) is 0 Å². The summed E-state index contributed by atoms with van der Waals surface area (Å²) in [4.78, 5) is 4.57. The summed E-state index contributed by atoms with van der Waals surface area (Å²) in [7, 11) is 0. The Morgan fingerprint density at radius 1 is 1.28 bits per heavy atom. The molecule has 0 aliphatic heterocycles. The van der Waals surface area contributed by atoms with Crippen molar-refractivity contribution in [1.82, 2.24) is 10.1 Å². The molecule has 1 aromatic heterocycles. The number of hydrogen-bond donors (Lipinski definition) is 1. The van der Waals surface area contributed by atoms with Gasteiger partial charge in [-0.1, -0.05) is 24.9 Å². The van der Waals surface area contributed by atoms with Crippen LogP contribution in [0, 0.1) is 5.92 Å². The van der Waals surface area contributed by atoms with E-state index in [-0.39, 0.29) is 5.54 Å². The van der Waals surface area contributed by atoms with Gasteiger partial charge in [0.15, 0.2) is 5.82 Å². The Morgan fingerprint density at radius 3 is 2.61 bits per heavy atom. The highest BCUT2D eigenvalue weighted by Gasteiger charge is 2.35. The van der Waals surface area contributed by atoms with Crippen LogP contribution in [0.15, 0.2) is 4.52 Å². The average molecular weight is 249 g/mol. The van der Waals surface area contributed by atoms with Gasteiger partial charge in [0.05, 0.1) is 0 Å². The highest BCUT2D eigenvalue weighted by Crippen LogP contribution is 2.35. The van der Waals surface area contributed by atoms with E-state index in [0.717, 1.165) is 36.9 Å². The third-order valence-electron chi connectivity index (χ3n) is 4.72. The number of hydrogen-bond acceptors (Lipinski definition) is 4. The van der Waals surface area contributed by atoms with Gasteiger partial charge in [0, 0.05) is 17.9 Å². The predicted octanol–water partition coefficient (Wildman–Crippen LogP) is 2.79. The minimum absolute atomic E-state index is 0.0646. The van der Waals surface area contributed by atoms with Crippen LogP contribution < -0.4 is 5.73 Å². The standard InChI is InChI=1S/C14H23N3O/c1-10-3-5-11(6-4-10)13-16-12(18-17-13)9-14(15)7-2-8-14/h10-11H,2-9,15H2,1H3. The lowest BCUT2D eigenvalue weighted by Gasteiger charge is -2.36. The lowest BCUT2D eigenvalue weighted by atomic mass is 9.75. The first-order chi connectivity index (χ1) is 8.65. The minimum atomic E-state index is -0.0646. The second-order valence-corrected chi connectivity index (χ2v) is 6.40. The number of rotatable bonds is 3. The van der Waals surface area contributed by atoms with Gasteiger partial charge in [-0.2, -0.15) is 4.98 Å². The third kappa shape index (κ3) is 2.44. The molecule has 2 N–H and O–H groups in total. The van der Waals surface area contributed by atoms with E-state index >= 15 is 0 Å². The Balaban J connectivity index is 1.62. The Morgan fingerprint density at radius 2 is 2.00 bits per heavy atom. The van der Waals surface area contributed by atoms with E-state index in [1.54, 1.807) is 0 Å². The van der Waals surface area contributed by atoms with E-state index in [1.807, 2.05) is 0 Å². The fraction of sp³-hybridized carbons (Fsp3) is 0.857. The Bertz CT molecular complexity index is 403. The minimum Gasteiger partial charge on any atom is -0.339 e. The first-order valence-electron chi connectivity index (χ1n) is 7.26. The van der Waals surface area contributed by atoms with Gasteiger partial charge in [0.2, 0.25) is 5.89 Å². The zero-order valence-corrected chi connectivity index (χ0v) is 11.2. The molecule has 0 radical (unpaired) electrons. The SMILES string of the molecule is CC1CCC(c2noc(CC3(N)CCC3)n2)CC1. The molecule has 0 aromatic carbocycles. The molecule has 2 fully saturated rings. The fourth-order valence-electron chi connectivity index (χ4n) is 3.13. The molecule has 0 unspecified atom stereocenters. The molecule has 3 rings (SSSR count). The molecule has 2 aliphatic carbocycles. The molecule has 4 nitrogen and oxygen atoms in total. The maximum atomic E-state index is 6.21. The molecule has 100 valence electrons. The van der Waals surface area contributed by atoms with Crippen LogP contribution in [0.2, 0.25) is 0 Å². The van der Waals surface area contributed by atoms with Crippen LogP contribution >= 0.6 is 0 Å². The van der Waals surface area contributed by atoms with Crippen molar-refractivity contribution >= 4 is 0 Å². The molecular formula is C14H23N3O. The number of nitrogens with zero attached hydrogens (tertiary/aromatic N) is 2. The largest absolute Gasteiger partial charge is 0.339 e. The van der Waals surface area contributed by atoms with E-state index in [1.165, 1.54) is 32.1 Å². The summed E-state index contributed by atoms with van der Waals surface area (Å²) in [5, 5.41) is 4.17. The normalized spacial score (nSPS) is 31.0. The molecule has 0 atom stereocenters. The third-order valence-corrected chi connectivity index (χ3v) is 4.72. The molecule has 2 saturated carbocycles. The van der Waals surface area contributed by atoms with Crippen LogP contribution in [-0.4, -0.2) is 15.7 Å². The van der Waals surface area contributed by atoms with Gasteiger partial charge in [0.1, 0.15) is 0 Å². The van der Waals surface area contributed by atoms with Crippen molar-refractivity contribution in [3.05, 3.63) is 11.7 Å². The summed E-state index contributed by atoms with van der Waals surface area (Å²) in [6.07, 6.45) is 9.14. The van der Waals surface area contributed by atoms with Crippen molar-refractivity contribution < 1.29 is 4.52 Å². The molecule has 1 aromatic rings. The molecule has 2 aliphatic rings. The van der Waals surface area contributed by atoms with Crippen LogP contribution in [0.5, 0.6) is 0 Å². The number of nitrogens with two attached hydrogens (primary N) is 1. The molecule has 0 saturated heterocycles. The molecule has 18 heavy (non-hydrogen) atoms. The van der Waals surface area contributed by atoms with E-state index in [0.29, 0.717) is 5.92 Å². The molecular weight excluding hydrogens is 226 g/mol. The van der Waals surface area contributed by atoms with Crippen LogP contribution in [0.1, 0.15) is 69.5 Å². The fourth-order valence-corrected chi connectivity index (χ4v) is 3.13. The number of aromatic nitrogens is 2. The second-order valence-electron chi connectivity index (χ2n) is 6.40. The summed E-state index contributed by atoms with van der Waals surface area (Å²) in [5.74, 6) is 3.02. The topological polar surface area (TPSA) is 64.9 Å². The maximum absolute atomic E-state index is 6.21. The van der Waals surface area contributed by atoms with Gasteiger partial charge in [0.25, 0.3) is 0 Å². The van der Waals surface area contributed by atoms with Crippen molar-refractivity contribution in [3.8, 4) is 0 Å². The summed E-state index contributed by atoms with van der Waals surface area (Å²) >= 11 is 0. The summed E-state index contributed by atoms with van der Waals surface area (Å²) in [5.41, 5.74) is 6.15. The van der Waals surface area contributed by atoms with Crippen LogP contribution in [0.25, 0.3) is 0 Å². The lowest BCUT2D eigenvalue weighted by molar-refractivity contribution is 0.221. The van der Waals surface area contributed by atoms with Gasteiger partial charge in [-0.25, -0.2) is 0 Å². The molecule has 4 heteroatoms. The van der Waals surface area contributed by atoms with Crippen molar-refractivity contribution in [2.75, 3.05) is 0 Å². The van der Waals surface area contributed by atoms with Gasteiger partial charge in [-0.3, -0.25) is 0 Å². The maximum Gasteiger partial charge on any atom is 0.228 e. The Labute approximate surface area is 108 Å². The summed E-state index contributed by atoms with van der Waals surface area (Å²) < 4.78 is 5.38. The zero-order valence-electron chi connectivity index (χ0n) is 11.2. The average Bonchev–Trinajstić information content (AvgIpc) is 2.76. The molecule has 0 spiro atoms. The van der Waals surface area contributed by atoms with Gasteiger partial charge in [-0.15, -0.1) is 0 Å². The zero-order chi connectivity index (χ0) is 12.6. The van der Waals surface area contributed by atoms with Gasteiger partial charge in [-0.05, 0) is 38.0 Å². The van der Waals surface area contributed by atoms with Crippen LogP contribution in [0.4, 0.5) is 0 Å². The van der Waals surface area contributed by atoms with Gasteiger partial charge < -0.3 is 10.3 Å². The predicted molar refractivity (Wildman–Crippen MR) is 69.1 cm³/mol. The molecule has 0 bridgehead atoms. The quantitative estimate of drug-likeness (QED) is 0.894. The molecule has 1 heterocycles. The summed E-state index contributed by atoms with van der Waals surface area (Å²) in [6.45, 7) is 2.33. The Hall–Kier alpha value is -0.900. The highest BCUT2D eigenvalue weighted by molar-refractivity contribution is 5.03. The molecule has 0 amide bonds. The Kier molecular flexibility index (Phi) is 3.14. The van der Waals surface area contributed by atoms with Crippen LogP contribution in [-0.2, 0) is 6.42 Å². The van der Waals surface area contributed by atoms with Crippen molar-refractivity contribution in [2.45, 2.75) is 69.7 Å².